The smallest absolute Gasteiger partial charge is 0.243 e. The second-order valence-electron chi connectivity index (χ2n) is 10.3. The molecule has 10 heteroatoms. The third kappa shape index (κ3) is 7.47. The SMILES string of the molecule is C[C@@H]1C(=O)N[C@H](Cc2ccc(C(=N)N)cc2)C(=O)NCC=Cc2ccccc2OCCN[C@@H](C2CC2)C(=O)N1C. The van der Waals surface area contributed by atoms with Gasteiger partial charge < -0.3 is 31.3 Å². The van der Waals surface area contributed by atoms with Crippen molar-refractivity contribution in [3.8, 4) is 5.75 Å². The summed E-state index contributed by atoms with van der Waals surface area (Å²) in [6, 6.07) is 12.5. The lowest BCUT2D eigenvalue weighted by atomic mass is 10.0. The van der Waals surface area contributed by atoms with Gasteiger partial charge >= 0.3 is 0 Å². The molecule has 2 aromatic rings. The number of carbonyl (C=O) groups excluding carboxylic acids is 3. The van der Waals surface area contributed by atoms with E-state index in [-0.39, 0.29) is 36.5 Å². The Balaban J connectivity index is 1.57. The number of nitrogens with zero attached hydrogens (tertiary/aromatic N) is 1. The molecule has 1 heterocycles. The number of amidine groups is 1. The zero-order chi connectivity index (χ0) is 28.6. The fourth-order valence-corrected chi connectivity index (χ4v) is 4.62. The van der Waals surface area contributed by atoms with Crippen LogP contribution in [-0.2, 0) is 20.8 Å². The number of rotatable bonds is 4. The van der Waals surface area contributed by atoms with Gasteiger partial charge in [0.2, 0.25) is 17.7 Å². The first-order valence-electron chi connectivity index (χ1n) is 13.6. The van der Waals surface area contributed by atoms with Crippen LogP contribution in [0.4, 0.5) is 0 Å². The predicted molar refractivity (Wildman–Crippen MR) is 154 cm³/mol. The number of fused-ring (bicyclic) bond motifs is 1. The van der Waals surface area contributed by atoms with Gasteiger partial charge in [-0.1, -0.05) is 54.6 Å². The zero-order valence-corrected chi connectivity index (χ0v) is 23.0. The van der Waals surface area contributed by atoms with E-state index in [1.165, 1.54) is 4.90 Å². The molecule has 1 aliphatic heterocycles. The number of hydrogen-bond acceptors (Lipinski definition) is 6. The zero-order valence-electron chi connectivity index (χ0n) is 23.0. The highest BCUT2D eigenvalue weighted by atomic mass is 16.5. The minimum Gasteiger partial charge on any atom is -0.492 e. The van der Waals surface area contributed by atoms with Crippen molar-refractivity contribution in [3.63, 3.8) is 0 Å². The fraction of sp³-hybridized carbons (Fsp3) is 0.400. The maximum Gasteiger partial charge on any atom is 0.243 e. The summed E-state index contributed by atoms with van der Waals surface area (Å²) in [5, 5.41) is 16.7. The summed E-state index contributed by atoms with van der Waals surface area (Å²) >= 11 is 0. The highest BCUT2D eigenvalue weighted by Gasteiger charge is 2.39. The largest absolute Gasteiger partial charge is 0.492 e. The minimum atomic E-state index is -0.873. The van der Waals surface area contributed by atoms with E-state index in [1.807, 2.05) is 36.4 Å². The molecule has 0 unspecified atom stereocenters. The Morgan fingerprint density at radius 1 is 1.07 bits per heavy atom. The lowest BCUT2D eigenvalue weighted by Gasteiger charge is -2.30. The summed E-state index contributed by atoms with van der Waals surface area (Å²) in [4.78, 5) is 41.4. The molecule has 4 rings (SSSR count). The van der Waals surface area contributed by atoms with E-state index in [4.69, 9.17) is 15.9 Å². The Bertz CT molecular complexity index is 1260. The summed E-state index contributed by atoms with van der Waals surface area (Å²) in [5.74, 6) is -0.0314. The summed E-state index contributed by atoms with van der Waals surface area (Å²) < 4.78 is 6.00. The van der Waals surface area contributed by atoms with Crippen molar-refractivity contribution in [2.24, 2.45) is 11.7 Å². The number of carbonyl (C=O) groups is 3. The quantitative estimate of drug-likeness (QED) is 0.289. The molecule has 2 aliphatic rings. The molecule has 1 aliphatic carbocycles. The van der Waals surface area contributed by atoms with Crippen LogP contribution in [0.1, 0.15) is 36.5 Å². The molecule has 10 nitrogen and oxygen atoms in total. The molecule has 3 atom stereocenters. The Kier molecular flexibility index (Phi) is 9.55. The molecular formula is C30H38N6O4. The number of nitrogens with two attached hydrogens (primary N) is 1. The second-order valence-corrected chi connectivity index (χ2v) is 10.3. The molecule has 212 valence electrons. The van der Waals surface area contributed by atoms with Crippen molar-refractivity contribution in [2.75, 3.05) is 26.7 Å². The van der Waals surface area contributed by atoms with Crippen LogP contribution in [0.5, 0.6) is 5.75 Å². The summed E-state index contributed by atoms with van der Waals surface area (Å²) in [6.07, 6.45) is 5.86. The van der Waals surface area contributed by atoms with Crippen LogP contribution >= 0.6 is 0 Å². The van der Waals surface area contributed by atoms with E-state index in [9.17, 15) is 14.4 Å². The van der Waals surface area contributed by atoms with Crippen molar-refractivity contribution in [3.05, 3.63) is 71.3 Å². The summed E-state index contributed by atoms with van der Waals surface area (Å²) in [7, 11) is 1.62. The van der Waals surface area contributed by atoms with Gasteiger partial charge in [-0.25, -0.2) is 0 Å². The number of likely N-dealkylation sites (N-methyl/N-ethyl adjacent to an activating group) is 1. The summed E-state index contributed by atoms with van der Waals surface area (Å²) in [5.41, 5.74) is 7.80. The van der Waals surface area contributed by atoms with Crippen molar-refractivity contribution in [1.29, 1.82) is 5.41 Å². The Morgan fingerprint density at radius 3 is 2.50 bits per heavy atom. The van der Waals surface area contributed by atoms with E-state index in [0.717, 1.165) is 24.0 Å². The van der Waals surface area contributed by atoms with Crippen molar-refractivity contribution < 1.29 is 19.1 Å². The number of amides is 3. The average Bonchev–Trinajstić information content (AvgIpc) is 3.79. The number of nitrogens with one attached hydrogen (secondary N) is 4. The number of hydrogen-bond donors (Lipinski definition) is 5. The van der Waals surface area contributed by atoms with Gasteiger partial charge in [-0.2, -0.15) is 0 Å². The number of benzene rings is 2. The fourth-order valence-electron chi connectivity index (χ4n) is 4.62. The van der Waals surface area contributed by atoms with Gasteiger partial charge in [0.05, 0.1) is 6.04 Å². The molecule has 3 amide bonds. The van der Waals surface area contributed by atoms with Crippen molar-refractivity contribution in [1.82, 2.24) is 20.9 Å². The maximum atomic E-state index is 13.4. The minimum absolute atomic E-state index is 0.0481. The van der Waals surface area contributed by atoms with Crippen molar-refractivity contribution in [2.45, 2.75) is 44.3 Å². The van der Waals surface area contributed by atoms with Gasteiger partial charge in [0.15, 0.2) is 0 Å². The van der Waals surface area contributed by atoms with Crippen LogP contribution in [-0.4, -0.2) is 73.3 Å². The Hall–Kier alpha value is -4.18. The molecule has 40 heavy (non-hydrogen) atoms. The topological polar surface area (TPSA) is 150 Å². The first-order chi connectivity index (χ1) is 19.2. The molecule has 0 aromatic heterocycles. The molecule has 2 aromatic carbocycles. The highest BCUT2D eigenvalue weighted by molar-refractivity contribution is 5.95. The number of nitrogen functional groups attached to an aromatic ring is 1. The third-order valence-corrected chi connectivity index (χ3v) is 7.34. The van der Waals surface area contributed by atoms with Crippen LogP contribution in [0.3, 0.4) is 0 Å². The van der Waals surface area contributed by atoms with E-state index < -0.39 is 24.0 Å². The van der Waals surface area contributed by atoms with Crippen LogP contribution in [0, 0.1) is 11.3 Å². The monoisotopic (exact) mass is 546 g/mol. The number of para-hydroxylation sites is 1. The van der Waals surface area contributed by atoms with Crippen LogP contribution < -0.4 is 26.4 Å². The molecule has 0 radical (unpaired) electrons. The van der Waals surface area contributed by atoms with Gasteiger partial charge in [0.1, 0.15) is 30.3 Å². The first kappa shape index (κ1) is 28.8. The van der Waals surface area contributed by atoms with Crippen molar-refractivity contribution >= 4 is 29.6 Å². The lowest BCUT2D eigenvalue weighted by Crippen LogP contribution is -2.56. The highest BCUT2D eigenvalue weighted by Crippen LogP contribution is 2.33. The van der Waals surface area contributed by atoms with Crippen LogP contribution in [0.25, 0.3) is 6.08 Å². The van der Waals surface area contributed by atoms with Gasteiger partial charge in [-0.05, 0) is 37.3 Å². The van der Waals surface area contributed by atoms with E-state index >= 15 is 0 Å². The van der Waals surface area contributed by atoms with Gasteiger partial charge in [0, 0.05) is 37.7 Å². The molecule has 1 fully saturated rings. The van der Waals surface area contributed by atoms with Crippen LogP contribution in [0.2, 0.25) is 0 Å². The standard InChI is InChI=1S/C30H38N6O4/c1-19-28(37)35-24(18-20-9-11-23(12-10-20)27(31)32)29(38)34-15-5-7-21-6-3-4-8-25(21)40-17-16-33-26(22-13-14-22)30(39)36(19)2/h3-12,19,22,24,26,33H,13-18H2,1-2H3,(H3,31,32)(H,34,38)(H,35,37)/t19-,24-,26+/m1/s1. The molecule has 0 bridgehead atoms. The van der Waals surface area contributed by atoms with E-state index in [0.29, 0.717) is 24.5 Å². The first-order valence-corrected chi connectivity index (χ1v) is 13.6. The van der Waals surface area contributed by atoms with E-state index in [2.05, 4.69) is 16.0 Å². The summed E-state index contributed by atoms with van der Waals surface area (Å²) in [6.45, 7) is 2.78. The molecule has 6 N–H and O–H groups in total. The van der Waals surface area contributed by atoms with Crippen LogP contribution in [0.15, 0.2) is 54.6 Å². The molecule has 0 saturated heterocycles. The second kappa shape index (κ2) is 13.3. The molecule has 0 spiro atoms. The van der Waals surface area contributed by atoms with Gasteiger partial charge in [-0.15, -0.1) is 0 Å². The van der Waals surface area contributed by atoms with Gasteiger partial charge in [-0.3, -0.25) is 19.8 Å². The van der Waals surface area contributed by atoms with E-state index in [1.54, 1.807) is 38.2 Å². The Morgan fingerprint density at radius 2 is 1.80 bits per heavy atom. The Labute approximate surface area is 234 Å². The molecule has 1 saturated carbocycles. The number of ether oxygens (including phenoxy) is 1. The lowest BCUT2D eigenvalue weighted by molar-refractivity contribution is -0.141. The normalized spacial score (nSPS) is 23.2. The van der Waals surface area contributed by atoms with Gasteiger partial charge in [0.25, 0.3) is 0 Å². The maximum absolute atomic E-state index is 13.4. The average molecular weight is 547 g/mol. The predicted octanol–water partition coefficient (Wildman–Crippen LogP) is 1.44. The molecular weight excluding hydrogens is 508 g/mol. The third-order valence-electron chi connectivity index (χ3n) is 7.34.